The van der Waals surface area contributed by atoms with E-state index in [4.69, 9.17) is 0 Å². The summed E-state index contributed by atoms with van der Waals surface area (Å²) >= 11 is 0. The van der Waals surface area contributed by atoms with Crippen molar-refractivity contribution in [2.24, 2.45) is 10.9 Å². The Hall–Kier alpha value is -2.41. The lowest BCUT2D eigenvalue weighted by Gasteiger charge is -2.30. The number of likely N-dealkylation sites (tertiary alicyclic amines) is 1. The van der Waals surface area contributed by atoms with Crippen molar-refractivity contribution in [1.82, 2.24) is 30.3 Å². The van der Waals surface area contributed by atoms with Crippen molar-refractivity contribution in [3.63, 3.8) is 0 Å². The Morgan fingerprint density at radius 2 is 1.86 bits per heavy atom. The average Bonchev–Trinajstić information content (AvgIpc) is 3.21. The van der Waals surface area contributed by atoms with Crippen LogP contribution in [0, 0.1) is 5.92 Å². The Morgan fingerprint density at radius 3 is 2.55 bits per heavy atom. The third-order valence-electron chi connectivity index (χ3n) is 5.65. The molecule has 29 heavy (non-hydrogen) atoms. The maximum absolute atomic E-state index is 4.31. The van der Waals surface area contributed by atoms with Crippen LogP contribution >= 0.6 is 0 Å². The Labute approximate surface area is 174 Å². The third-order valence-corrected chi connectivity index (χ3v) is 5.65. The second-order valence-corrected chi connectivity index (χ2v) is 7.92. The summed E-state index contributed by atoms with van der Waals surface area (Å²) in [4.78, 5) is 6.88. The van der Waals surface area contributed by atoms with Crippen molar-refractivity contribution in [3.05, 3.63) is 47.5 Å². The van der Waals surface area contributed by atoms with Gasteiger partial charge in [-0.05, 0) is 43.0 Å². The van der Waals surface area contributed by atoms with Gasteiger partial charge in [-0.2, -0.15) is 0 Å². The van der Waals surface area contributed by atoms with Crippen molar-refractivity contribution in [3.8, 4) is 0 Å². The fourth-order valence-corrected chi connectivity index (χ4v) is 3.68. The number of piperidine rings is 1. The van der Waals surface area contributed by atoms with Crippen LogP contribution in [0.3, 0.4) is 0 Å². The number of aromatic nitrogens is 3. The third kappa shape index (κ3) is 6.56. The molecular weight excluding hydrogens is 362 g/mol. The molecular formula is C22H35N7. The Bertz CT molecular complexity index is 758. The van der Waals surface area contributed by atoms with Crippen molar-refractivity contribution < 1.29 is 0 Å². The average molecular weight is 398 g/mol. The molecule has 0 spiro atoms. The molecule has 1 aromatic heterocycles. The van der Waals surface area contributed by atoms with Crippen molar-refractivity contribution in [1.29, 1.82) is 0 Å². The molecule has 2 aromatic rings. The van der Waals surface area contributed by atoms with E-state index in [1.54, 1.807) is 13.4 Å². The quantitative estimate of drug-likeness (QED) is 0.529. The van der Waals surface area contributed by atoms with Gasteiger partial charge in [0, 0.05) is 39.6 Å². The van der Waals surface area contributed by atoms with E-state index in [-0.39, 0.29) is 0 Å². The number of hydrogen-bond acceptors (Lipinski definition) is 4. The second kappa shape index (κ2) is 11.0. The molecule has 0 radical (unpaired) electrons. The lowest BCUT2D eigenvalue weighted by Crippen LogP contribution is -2.38. The molecule has 1 aromatic carbocycles. The molecule has 1 fully saturated rings. The highest BCUT2D eigenvalue weighted by Crippen LogP contribution is 2.18. The normalized spacial score (nSPS) is 16.2. The van der Waals surface area contributed by atoms with E-state index in [9.17, 15) is 0 Å². The van der Waals surface area contributed by atoms with Crippen LogP contribution in [0.1, 0.15) is 43.6 Å². The minimum absolute atomic E-state index is 0.758. The summed E-state index contributed by atoms with van der Waals surface area (Å²) in [6.45, 7) is 10.3. The molecule has 2 heterocycles. The van der Waals surface area contributed by atoms with Crippen LogP contribution in [0.5, 0.6) is 0 Å². The zero-order chi connectivity index (χ0) is 20.5. The summed E-state index contributed by atoms with van der Waals surface area (Å²) in [6.07, 6.45) is 5.32. The topological polar surface area (TPSA) is 70.4 Å². The van der Waals surface area contributed by atoms with Crippen LogP contribution in [-0.4, -0.2) is 52.3 Å². The Kier molecular flexibility index (Phi) is 8.04. The molecule has 0 unspecified atom stereocenters. The van der Waals surface area contributed by atoms with Gasteiger partial charge in [-0.25, -0.2) is 0 Å². The smallest absolute Gasteiger partial charge is 0.191 e. The number of rotatable bonds is 8. The summed E-state index contributed by atoms with van der Waals surface area (Å²) < 4.78 is 2.07. The van der Waals surface area contributed by atoms with Gasteiger partial charge in [-0.3, -0.25) is 9.89 Å². The van der Waals surface area contributed by atoms with Gasteiger partial charge in [0.2, 0.25) is 0 Å². The molecule has 1 aliphatic rings. The maximum atomic E-state index is 4.31. The fraction of sp³-hybridized carbons (Fsp3) is 0.591. The molecule has 0 saturated carbocycles. The van der Waals surface area contributed by atoms with E-state index in [0.717, 1.165) is 50.3 Å². The molecule has 0 atom stereocenters. The van der Waals surface area contributed by atoms with Gasteiger partial charge in [0.25, 0.3) is 0 Å². The molecule has 1 aliphatic heterocycles. The van der Waals surface area contributed by atoms with Crippen molar-refractivity contribution in [2.45, 2.75) is 52.7 Å². The van der Waals surface area contributed by atoms with Crippen molar-refractivity contribution >= 4 is 5.96 Å². The van der Waals surface area contributed by atoms with E-state index in [0.29, 0.717) is 0 Å². The lowest BCUT2D eigenvalue weighted by atomic mass is 9.99. The van der Waals surface area contributed by atoms with E-state index in [1.807, 2.05) is 0 Å². The van der Waals surface area contributed by atoms with Gasteiger partial charge in [-0.15, -0.1) is 10.2 Å². The van der Waals surface area contributed by atoms with E-state index in [2.05, 4.69) is 73.4 Å². The Balaban J connectivity index is 1.40. The summed E-state index contributed by atoms with van der Waals surface area (Å²) in [6, 6.07) is 8.94. The number of aliphatic imine (C=N–C) groups is 1. The van der Waals surface area contributed by atoms with Crippen LogP contribution in [-0.2, 0) is 26.1 Å². The maximum Gasteiger partial charge on any atom is 0.191 e. The zero-order valence-corrected chi connectivity index (χ0v) is 18.1. The monoisotopic (exact) mass is 397 g/mol. The molecule has 1 saturated heterocycles. The van der Waals surface area contributed by atoms with Gasteiger partial charge in [0.1, 0.15) is 12.2 Å². The van der Waals surface area contributed by atoms with E-state index in [1.165, 1.54) is 37.1 Å². The SMILES string of the molecule is CCc1nncn1CCNC(=NC)NCc1ccc(CN2CCC(C)CC2)cc1. The molecule has 2 N–H and O–H groups in total. The molecule has 0 aliphatic carbocycles. The van der Waals surface area contributed by atoms with Crippen LogP contribution in [0.4, 0.5) is 0 Å². The van der Waals surface area contributed by atoms with Gasteiger partial charge in [0.15, 0.2) is 5.96 Å². The van der Waals surface area contributed by atoms with Crippen LogP contribution < -0.4 is 10.6 Å². The molecule has 0 bridgehead atoms. The molecule has 7 nitrogen and oxygen atoms in total. The molecule has 7 heteroatoms. The fourth-order valence-electron chi connectivity index (χ4n) is 3.68. The first kappa shape index (κ1) is 21.3. The van der Waals surface area contributed by atoms with Crippen LogP contribution in [0.25, 0.3) is 0 Å². The van der Waals surface area contributed by atoms with Gasteiger partial charge in [0.05, 0.1) is 0 Å². The number of hydrogen-bond donors (Lipinski definition) is 2. The molecule has 158 valence electrons. The predicted octanol–water partition coefficient (Wildman–Crippen LogP) is 2.44. The van der Waals surface area contributed by atoms with E-state index >= 15 is 0 Å². The zero-order valence-electron chi connectivity index (χ0n) is 18.1. The largest absolute Gasteiger partial charge is 0.355 e. The van der Waals surface area contributed by atoms with Crippen LogP contribution in [0.2, 0.25) is 0 Å². The van der Waals surface area contributed by atoms with Crippen molar-refractivity contribution in [2.75, 3.05) is 26.7 Å². The number of aryl methyl sites for hydroxylation is 1. The predicted molar refractivity (Wildman–Crippen MR) is 118 cm³/mol. The highest BCUT2D eigenvalue weighted by atomic mass is 15.3. The highest BCUT2D eigenvalue weighted by molar-refractivity contribution is 5.79. The number of benzene rings is 1. The summed E-state index contributed by atoms with van der Waals surface area (Å²) in [5.41, 5.74) is 2.66. The first-order valence-electron chi connectivity index (χ1n) is 10.8. The number of nitrogens with one attached hydrogen (secondary N) is 2. The van der Waals surface area contributed by atoms with Crippen LogP contribution in [0.15, 0.2) is 35.6 Å². The summed E-state index contributed by atoms with van der Waals surface area (Å²) in [5.74, 6) is 2.70. The number of guanidine groups is 1. The minimum Gasteiger partial charge on any atom is -0.355 e. The summed E-state index contributed by atoms with van der Waals surface area (Å²) in [7, 11) is 1.80. The van der Waals surface area contributed by atoms with Gasteiger partial charge >= 0.3 is 0 Å². The molecule has 0 amide bonds. The first-order chi connectivity index (χ1) is 14.2. The highest BCUT2D eigenvalue weighted by Gasteiger charge is 2.15. The summed E-state index contributed by atoms with van der Waals surface area (Å²) in [5, 5.41) is 14.8. The Morgan fingerprint density at radius 1 is 1.14 bits per heavy atom. The van der Waals surface area contributed by atoms with Gasteiger partial charge < -0.3 is 15.2 Å². The minimum atomic E-state index is 0.758. The molecule has 3 rings (SSSR count). The first-order valence-corrected chi connectivity index (χ1v) is 10.8. The lowest BCUT2D eigenvalue weighted by molar-refractivity contribution is 0.185. The number of nitrogens with zero attached hydrogens (tertiary/aromatic N) is 5. The van der Waals surface area contributed by atoms with E-state index < -0.39 is 0 Å². The van der Waals surface area contributed by atoms with Gasteiger partial charge in [-0.1, -0.05) is 38.1 Å². The second-order valence-electron chi connectivity index (χ2n) is 7.92. The standard InChI is InChI=1S/C22H35N7/c1-4-21-27-26-17-29(21)14-11-24-22(23-3)25-15-19-5-7-20(8-6-19)16-28-12-9-18(2)10-13-28/h5-8,17-18H,4,9-16H2,1-3H3,(H2,23,24,25).